The topological polar surface area (TPSA) is 90.3 Å². The standard InChI is InChI=1S/C20H28N2O.C2H2O4/c1-23-20-6-3-16(4-7-20)14-21-8-10-22(11-9-21)15-19-13-17-2-5-18(19)12-17;3-1(4)2(5)6/h2-7,17-19H,8-15H2,1H3;(H,3,4)(H,5,6). The number of benzene rings is 1. The Morgan fingerprint density at radius 3 is 2.07 bits per heavy atom. The number of nitrogens with zero attached hydrogens (tertiary/aromatic N) is 2. The summed E-state index contributed by atoms with van der Waals surface area (Å²) in [6, 6.07) is 8.50. The molecule has 2 aliphatic carbocycles. The number of ether oxygens (including phenoxy) is 1. The normalized spacial score (nSPS) is 26.0. The first-order valence-corrected chi connectivity index (χ1v) is 10.2. The second-order valence-corrected chi connectivity index (χ2v) is 8.08. The molecule has 3 unspecified atom stereocenters. The third-order valence-corrected chi connectivity index (χ3v) is 6.12. The molecule has 1 aliphatic heterocycles. The Morgan fingerprint density at radius 1 is 0.966 bits per heavy atom. The van der Waals surface area contributed by atoms with Gasteiger partial charge in [-0.05, 0) is 48.3 Å². The zero-order chi connectivity index (χ0) is 20.8. The van der Waals surface area contributed by atoms with Crippen molar-refractivity contribution in [3.63, 3.8) is 0 Å². The predicted molar refractivity (Wildman–Crippen MR) is 109 cm³/mol. The van der Waals surface area contributed by atoms with Crippen molar-refractivity contribution in [3.8, 4) is 5.75 Å². The van der Waals surface area contributed by atoms with Crippen LogP contribution in [0.5, 0.6) is 5.75 Å². The van der Waals surface area contributed by atoms with Crippen LogP contribution in [0.3, 0.4) is 0 Å². The van der Waals surface area contributed by atoms with Gasteiger partial charge in [0.25, 0.3) is 0 Å². The number of hydrogen-bond donors (Lipinski definition) is 2. The van der Waals surface area contributed by atoms with E-state index in [2.05, 4.69) is 46.2 Å². The first kappa shape index (κ1) is 21.3. The molecule has 0 amide bonds. The molecular formula is C22H30N2O5. The van der Waals surface area contributed by atoms with Crippen LogP contribution in [0.1, 0.15) is 18.4 Å². The van der Waals surface area contributed by atoms with Gasteiger partial charge < -0.3 is 19.8 Å². The highest BCUT2D eigenvalue weighted by atomic mass is 16.5. The average Bonchev–Trinajstić information content (AvgIpc) is 3.34. The van der Waals surface area contributed by atoms with Crippen LogP contribution in [-0.2, 0) is 16.1 Å². The van der Waals surface area contributed by atoms with Gasteiger partial charge in [0, 0.05) is 39.3 Å². The fourth-order valence-electron chi connectivity index (χ4n) is 4.56. The van der Waals surface area contributed by atoms with Gasteiger partial charge >= 0.3 is 11.9 Å². The molecule has 1 aromatic carbocycles. The highest BCUT2D eigenvalue weighted by molar-refractivity contribution is 6.27. The average molecular weight is 402 g/mol. The maximum absolute atomic E-state index is 9.10. The van der Waals surface area contributed by atoms with Gasteiger partial charge in [0.05, 0.1) is 7.11 Å². The van der Waals surface area contributed by atoms with Crippen LogP contribution in [0.15, 0.2) is 36.4 Å². The lowest BCUT2D eigenvalue weighted by molar-refractivity contribution is -0.159. The van der Waals surface area contributed by atoms with E-state index in [-0.39, 0.29) is 0 Å². The van der Waals surface area contributed by atoms with Crippen molar-refractivity contribution in [2.24, 2.45) is 17.8 Å². The molecule has 3 aliphatic rings. The number of allylic oxidation sites excluding steroid dienone is 2. The minimum absolute atomic E-state index is 0.886. The summed E-state index contributed by atoms with van der Waals surface area (Å²) in [5.74, 6) is 0.0142. The molecule has 4 rings (SSSR count). The second-order valence-electron chi connectivity index (χ2n) is 8.08. The SMILES string of the molecule is COc1ccc(CN2CCN(CC3CC4C=CC3C4)CC2)cc1.O=C(O)C(=O)O. The molecule has 0 spiro atoms. The van der Waals surface area contributed by atoms with Crippen LogP contribution in [-0.4, -0.2) is 71.8 Å². The number of carbonyl (C=O) groups is 2. The van der Waals surface area contributed by atoms with Gasteiger partial charge in [-0.1, -0.05) is 24.3 Å². The van der Waals surface area contributed by atoms with Crippen molar-refractivity contribution >= 4 is 11.9 Å². The summed E-state index contributed by atoms with van der Waals surface area (Å²) in [7, 11) is 1.72. The highest BCUT2D eigenvalue weighted by Crippen LogP contribution is 2.43. The van der Waals surface area contributed by atoms with Gasteiger partial charge in [0.1, 0.15) is 5.75 Å². The molecule has 158 valence electrons. The quantitative estimate of drug-likeness (QED) is 0.576. The molecular weight excluding hydrogens is 372 g/mol. The van der Waals surface area contributed by atoms with E-state index in [1.807, 2.05) is 0 Å². The maximum Gasteiger partial charge on any atom is 0.414 e. The van der Waals surface area contributed by atoms with Gasteiger partial charge in [-0.3, -0.25) is 4.90 Å². The summed E-state index contributed by atoms with van der Waals surface area (Å²) in [4.78, 5) is 23.5. The number of hydrogen-bond acceptors (Lipinski definition) is 5. The van der Waals surface area contributed by atoms with E-state index >= 15 is 0 Å². The van der Waals surface area contributed by atoms with E-state index < -0.39 is 11.9 Å². The minimum atomic E-state index is -1.82. The molecule has 7 heteroatoms. The van der Waals surface area contributed by atoms with Gasteiger partial charge in [0.2, 0.25) is 0 Å². The van der Waals surface area contributed by atoms with Crippen molar-refractivity contribution in [2.75, 3.05) is 39.8 Å². The minimum Gasteiger partial charge on any atom is -0.497 e. The van der Waals surface area contributed by atoms with Crippen LogP contribution >= 0.6 is 0 Å². The van der Waals surface area contributed by atoms with Gasteiger partial charge in [-0.25, -0.2) is 9.59 Å². The number of piperazine rings is 1. The monoisotopic (exact) mass is 402 g/mol. The molecule has 1 heterocycles. The van der Waals surface area contributed by atoms with Gasteiger partial charge in [-0.15, -0.1) is 0 Å². The summed E-state index contributed by atoms with van der Waals surface area (Å²) in [5.41, 5.74) is 1.39. The Bertz CT molecular complexity index is 713. The molecule has 7 nitrogen and oxygen atoms in total. The third kappa shape index (κ3) is 6.05. The van der Waals surface area contributed by atoms with Crippen LogP contribution in [0, 0.1) is 17.8 Å². The summed E-state index contributed by atoms with van der Waals surface area (Å²) in [6.45, 7) is 7.24. The fourth-order valence-corrected chi connectivity index (χ4v) is 4.56. The van der Waals surface area contributed by atoms with E-state index in [4.69, 9.17) is 24.5 Å². The first-order chi connectivity index (χ1) is 13.9. The second kappa shape index (κ2) is 9.89. The summed E-state index contributed by atoms with van der Waals surface area (Å²) >= 11 is 0. The largest absolute Gasteiger partial charge is 0.497 e. The van der Waals surface area contributed by atoms with E-state index in [1.54, 1.807) is 7.11 Å². The number of rotatable bonds is 5. The van der Waals surface area contributed by atoms with E-state index in [1.165, 1.54) is 51.1 Å². The van der Waals surface area contributed by atoms with Gasteiger partial charge in [-0.2, -0.15) is 0 Å². The fraction of sp³-hybridized carbons (Fsp3) is 0.545. The Hall–Kier alpha value is -2.38. The lowest BCUT2D eigenvalue weighted by atomic mass is 9.93. The summed E-state index contributed by atoms with van der Waals surface area (Å²) < 4.78 is 5.23. The summed E-state index contributed by atoms with van der Waals surface area (Å²) in [5, 5.41) is 14.8. The molecule has 0 aromatic heterocycles. The van der Waals surface area contributed by atoms with E-state index in [0.717, 1.165) is 30.0 Å². The zero-order valence-corrected chi connectivity index (χ0v) is 16.9. The smallest absolute Gasteiger partial charge is 0.414 e. The first-order valence-electron chi connectivity index (χ1n) is 10.2. The zero-order valence-electron chi connectivity index (χ0n) is 16.9. The van der Waals surface area contributed by atoms with Crippen molar-refractivity contribution in [2.45, 2.75) is 19.4 Å². The van der Waals surface area contributed by atoms with Crippen molar-refractivity contribution in [1.29, 1.82) is 0 Å². The van der Waals surface area contributed by atoms with Crippen LogP contribution in [0.4, 0.5) is 0 Å². The lowest BCUT2D eigenvalue weighted by Gasteiger charge is -2.37. The molecule has 2 fully saturated rings. The molecule has 3 atom stereocenters. The van der Waals surface area contributed by atoms with Crippen LogP contribution in [0.2, 0.25) is 0 Å². The Balaban J connectivity index is 0.000000353. The molecule has 2 bridgehead atoms. The lowest BCUT2D eigenvalue weighted by Crippen LogP contribution is -2.47. The summed E-state index contributed by atoms with van der Waals surface area (Å²) in [6.07, 6.45) is 7.81. The Kier molecular flexibility index (Phi) is 7.28. The molecule has 29 heavy (non-hydrogen) atoms. The third-order valence-electron chi connectivity index (χ3n) is 6.12. The number of carboxylic acids is 2. The molecule has 1 saturated heterocycles. The van der Waals surface area contributed by atoms with E-state index in [9.17, 15) is 0 Å². The Labute approximate surface area is 171 Å². The molecule has 1 aromatic rings. The van der Waals surface area contributed by atoms with E-state index in [0.29, 0.717) is 0 Å². The number of fused-ring (bicyclic) bond motifs is 2. The van der Waals surface area contributed by atoms with Crippen LogP contribution in [0.25, 0.3) is 0 Å². The van der Waals surface area contributed by atoms with Gasteiger partial charge in [0.15, 0.2) is 0 Å². The number of methoxy groups -OCH3 is 1. The molecule has 1 saturated carbocycles. The molecule has 0 radical (unpaired) electrons. The maximum atomic E-state index is 9.10. The highest BCUT2D eigenvalue weighted by Gasteiger charge is 2.36. The van der Waals surface area contributed by atoms with Crippen LogP contribution < -0.4 is 4.74 Å². The number of carboxylic acid groups (broad SMARTS) is 2. The van der Waals surface area contributed by atoms with Crippen molar-refractivity contribution in [3.05, 3.63) is 42.0 Å². The van der Waals surface area contributed by atoms with Crippen molar-refractivity contribution in [1.82, 2.24) is 9.80 Å². The Morgan fingerprint density at radius 2 is 1.59 bits per heavy atom. The predicted octanol–water partition coefficient (Wildman–Crippen LogP) is 2.18. The number of aliphatic carboxylic acids is 2. The van der Waals surface area contributed by atoms with Crippen molar-refractivity contribution < 1.29 is 24.5 Å². The molecule has 2 N–H and O–H groups in total.